The van der Waals surface area contributed by atoms with Crippen molar-refractivity contribution in [3.63, 3.8) is 0 Å². The lowest BCUT2D eigenvalue weighted by Crippen LogP contribution is -2.22. The Labute approximate surface area is 103 Å². The molecule has 1 atom stereocenters. The van der Waals surface area contributed by atoms with Gasteiger partial charge in [0.1, 0.15) is 5.82 Å². The summed E-state index contributed by atoms with van der Waals surface area (Å²) in [6.45, 7) is 5.79. The molecule has 1 N–H and O–H groups in total. The summed E-state index contributed by atoms with van der Waals surface area (Å²) < 4.78 is 5.68. The van der Waals surface area contributed by atoms with E-state index in [4.69, 9.17) is 4.74 Å². The topological polar surface area (TPSA) is 47.0 Å². The summed E-state index contributed by atoms with van der Waals surface area (Å²) in [7, 11) is 0. The van der Waals surface area contributed by atoms with E-state index in [2.05, 4.69) is 15.3 Å². The van der Waals surface area contributed by atoms with Crippen LogP contribution in [-0.4, -0.2) is 29.2 Å². The molecule has 4 nitrogen and oxygen atoms in total. The van der Waals surface area contributed by atoms with Crippen molar-refractivity contribution in [1.29, 1.82) is 0 Å². The van der Waals surface area contributed by atoms with Gasteiger partial charge in [0.05, 0.1) is 23.7 Å². The molecule has 1 aliphatic heterocycles. The number of aryl methyl sites for hydroxylation is 2. The molecule has 2 heterocycles. The quantitative estimate of drug-likeness (QED) is 0.871. The Balaban J connectivity index is 1.75. The summed E-state index contributed by atoms with van der Waals surface area (Å²) in [4.78, 5) is 8.73. The van der Waals surface area contributed by atoms with E-state index in [-0.39, 0.29) is 0 Å². The summed E-state index contributed by atoms with van der Waals surface area (Å²) in [6.07, 6.45) is 6.98. The van der Waals surface area contributed by atoms with E-state index in [0.29, 0.717) is 6.10 Å². The molecule has 1 aromatic heterocycles. The van der Waals surface area contributed by atoms with Crippen LogP contribution in [-0.2, 0) is 4.74 Å². The Hall–Kier alpha value is -1.16. The second-order valence-corrected chi connectivity index (χ2v) is 4.63. The minimum absolute atomic E-state index is 0.427. The fraction of sp³-hybridized carbons (Fsp3) is 0.692. The predicted octanol–water partition coefficient (Wildman–Crippen LogP) is 2.46. The molecular weight excluding hydrogens is 214 g/mol. The van der Waals surface area contributed by atoms with Crippen LogP contribution in [0.25, 0.3) is 0 Å². The van der Waals surface area contributed by atoms with Gasteiger partial charge in [-0.25, -0.2) is 4.98 Å². The lowest BCUT2D eigenvalue weighted by atomic mass is 10.1. The summed E-state index contributed by atoms with van der Waals surface area (Å²) in [6, 6.07) is 0. The van der Waals surface area contributed by atoms with Crippen LogP contribution in [0.2, 0.25) is 0 Å². The minimum atomic E-state index is 0.427. The highest BCUT2D eigenvalue weighted by molar-refractivity contribution is 5.33. The molecule has 0 radical (unpaired) electrons. The number of nitrogens with zero attached hydrogens (tertiary/aromatic N) is 2. The molecule has 0 saturated carbocycles. The van der Waals surface area contributed by atoms with Crippen LogP contribution >= 0.6 is 0 Å². The first kappa shape index (κ1) is 12.3. The average molecular weight is 235 g/mol. The van der Waals surface area contributed by atoms with Gasteiger partial charge in [-0.15, -0.1) is 0 Å². The second kappa shape index (κ2) is 5.96. The Morgan fingerprint density at radius 1 is 1.35 bits per heavy atom. The van der Waals surface area contributed by atoms with E-state index in [1.54, 1.807) is 6.20 Å². The summed E-state index contributed by atoms with van der Waals surface area (Å²) in [5.74, 6) is 0.865. The van der Waals surface area contributed by atoms with Crippen molar-refractivity contribution in [1.82, 2.24) is 9.97 Å². The van der Waals surface area contributed by atoms with Crippen molar-refractivity contribution in [3.8, 4) is 0 Å². The summed E-state index contributed by atoms with van der Waals surface area (Å²) in [5.41, 5.74) is 1.98. The third-order valence-corrected chi connectivity index (χ3v) is 3.24. The Bertz CT molecular complexity index is 362. The van der Waals surface area contributed by atoms with E-state index in [0.717, 1.165) is 36.8 Å². The van der Waals surface area contributed by atoms with E-state index in [1.165, 1.54) is 19.3 Å². The molecule has 0 bridgehead atoms. The van der Waals surface area contributed by atoms with Gasteiger partial charge in [-0.1, -0.05) is 0 Å². The van der Waals surface area contributed by atoms with E-state index >= 15 is 0 Å². The van der Waals surface area contributed by atoms with Gasteiger partial charge < -0.3 is 10.1 Å². The van der Waals surface area contributed by atoms with E-state index in [1.807, 2.05) is 13.8 Å². The Morgan fingerprint density at radius 3 is 2.94 bits per heavy atom. The highest BCUT2D eigenvalue weighted by Crippen LogP contribution is 2.15. The maximum atomic E-state index is 5.68. The maximum Gasteiger partial charge on any atom is 0.144 e. The average Bonchev–Trinajstić information content (AvgIpc) is 2.35. The lowest BCUT2D eigenvalue weighted by Gasteiger charge is -2.22. The van der Waals surface area contributed by atoms with Crippen molar-refractivity contribution >= 4 is 5.82 Å². The van der Waals surface area contributed by atoms with Crippen LogP contribution in [0.4, 0.5) is 5.82 Å². The Morgan fingerprint density at radius 2 is 2.24 bits per heavy atom. The van der Waals surface area contributed by atoms with Crippen LogP contribution < -0.4 is 5.32 Å². The number of rotatable bonds is 4. The third-order valence-electron chi connectivity index (χ3n) is 3.24. The van der Waals surface area contributed by atoms with Gasteiger partial charge in [0.15, 0.2) is 0 Å². The Kier molecular flexibility index (Phi) is 4.31. The number of hydrogen-bond donors (Lipinski definition) is 1. The first-order chi connectivity index (χ1) is 8.25. The summed E-state index contributed by atoms with van der Waals surface area (Å²) >= 11 is 0. The van der Waals surface area contributed by atoms with Crippen LogP contribution in [0.1, 0.15) is 37.1 Å². The van der Waals surface area contributed by atoms with Crippen LogP contribution in [0, 0.1) is 13.8 Å². The van der Waals surface area contributed by atoms with Crippen LogP contribution in [0.3, 0.4) is 0 Å². The van der Waals surface area contributed by atoms with Crippen LogP contribution in [0.5, 0.6) is 0 Å². The van der Waals surface area contributed by atoms with Gasteiger partial charge in [-0.2, -0.15) is 0 Å². The van der Waals surface area contributed by atoms with Crippen molar-refractivity contribution < 1.29 is 4.74 Å². The van der Waals surface area contributed by atoms with Gasteiger partial charge in [0.2, 0.25) is 0 Å². The SMILES string of the molecule is Cc1ncc(NCCC2CCCCO2)nc1C. The standard InChI is InChI=1S/C13H21N3O/c1-10-11(2)16-13(9-15-10)14-7-6-12-5-3-4-8-17-12/h9,12H,3-8H2,1-2H3,(H,14,16). The zero-order valence-corrected chi connectivity index (χ0v) is 10.7. The molecule has 17 heavy (non-hydrogen) atoms. The van der Waals surface area contributed by atoms with Gasteiger partial charge in [-0.3, -0.25) is 4.98 Å². The van der Waals surface area contributed by atoms with Crippen LogP contribution in [0.15, 0.2) is 6.20 Å². The highest BCUT2D eigenvalue weighted by Gasteiger charge is 2.13. The molecule has 0 spiro atoms. The smallest absolute Gasteiger partial charge is 0.144 e. The number of ether oxygens (including phenoxy) is 1. The van der Waals surface area contributed by atoms with Crippen molar-refractivity contribution in [2.24, 2.45) is 0 Å². The zero-order valence-electron chi connectivity index (χ0n) is 10.7. The monoisotopic (exact) mass is 235 g/mol. The minimum Gasteiger partial charge on any atom is -0.378 e. The third kappa shape index (κ3) is 3.66. The molecule has 1 unspecified atom stereocenters. The fourth-order valence-corrected chi connectivity index (χ4v) is 2.02. The normalized spacial score (nSPS) is 20.2. The summed E-state index contributed by atoms with van der Waals surface area (Å²) in [5, 5.41) is 3.31. The second-order valence-electron chi connectivity index (χ2n) is 4.63. The molecule has 1 aromatic rings. The highest BCUT2D eigenvalue weighted by atomic mass is 16.5. The fourth-order valence-electron chi connectivity index (χ4n) is 2.02. The number of nitrogens with one attached hydrogen (secondary N) is 1. The van der Waals surface area contributed by atoms with Crippen molar-refractivity contribution in [3.05, 3.63) is 17.6 Å². The number of aromatic nitrogens is 2. The van der Waals surface area contributed by atoms with Gasteiger partial charge in [0.25, 0.3) is 0 Å². The lowest BCUT2D eigenvalue weighted by molar-refractivity contribution is 0.0134. The zero-order chi connectivity index (χ0) is 12.1. The maximum absolute atomic E-state index is 5.68. The number of hydrogen-bond acceptors (Lipinski definition) is 4. The molecule has 0 aliphatic carbocycles. The predicted molar refractivity (Wildman–Crippen MR) is 68.2 cm³/mol. The molecule has 0 amide bonds. The van der Waals surface area contributed by atoms with Crippen molar-refractivity contribution in [2.75, 3.05) is 18.5 Å². The van der Waals surface area contributed by atoms with Gasteiger partial charge in [0, 0.05) is 13.2 Å². The molecule has 2 rings (SSSR count). The molecule has 0 aromatic carbocycles. The first-order valence-corrected chi connectivity index (χ1v) is 6.41. The molecule has 94 valence electrons. The van der Waals surface area contributed by atoms with Crippen molar-refractivity contribution in [2.45, 2.75) is 45.6 Å². The molecule has 4 heteroatoms. The van der Waals surface area contributed by atoms with E-state index < -0.39 is 0 Å². The molecule has 1 aliphatic rings. The first-order valence-electron chi connectivity index (χ1n) is 6.41. The van der Waals surface area contributed by atoms with E-state index in [9.17, 15) is 0 Å². The molecule has 1 fully saturated rings. The van der Waals surface area contributed by atoms with Gasteiger partial charge >= 0.3 is 0 Å². The molecular formula is C13H21N3O. The molecule has 1 saturated heterocycles. The number of anilines is 1. The van der Waals surface area contributed by atoms with Gasteiger partial charge in [-0.05, 0) is 39.5 Å². The largest absolute Gasteiger partial charge is 0.378 e.